The van der Waals surface area contributed by atoms with Crippen LogP contribution in [0.2, 0.25) is 0 Å². The number of hydrogen-bond acceptors (Lipinski definition) is 9. The highest BCUT2D eigenvalue weighted by Gasteiger charge is 2.30. The lowest BCUT2D eigenvalue weighted by Crippen LogP contribution is -2.26. The molecule has 2 amide bonds. The van der Waals surface area contributed by atoms with E-state index in [0.29, 0.717) is 58.1 Å². The first-order valence-electron chi connectivity index (χ1n) is 12.2. The number of anilines is 1. The molecule has 1 aromatic rings. The second-order valence-electron chi connectivity index (χ2n) is 8.44. The Balaban J connectivity index is 1.88. The summed E-state index contributed by atoms with van der Waals surface area (Å²) in [5.41, 5.74) is 2.97. The normalized spacial score (nSPS) is 15.6. The largest absolute Gasteiger partial charge is 0.462 e. The maximum atomic E-state index is 12.5. The van der Waals surface area contributed by atoms with Crippen LogP contribution in [0.25, 0.3) is 5.03 Å². The van der Waals surface area contributed by atoms with Gasteiger partial charge in [0.2, 0.25) is 11.8 Å². The Hall–Kier alpha value is -3.28. The molecule has 0 unspecified atom stereocenters. The standard InChI is InChI=1S/C26H28Cl2N4O6S/c1-5-37-25(35)19-18(31-13(3)33)10-8-15(20(19)27)11-29-30-12-16-7-9-17-22(32-14(4)34)24(26(36)38-6-2)39-23(17)21(16)28/h11-12H,5-10H2,1-4H3,(H,31,33)(H,32,34)/b29-11+,30-12+. The highest BCUT2D eigenvalue weighted by Crippen LogP contribution is 2.45. The van der Waals surface area contributed by atoms with Gasteiger partial charge in [0, 0.05) is 19.5 Å². The van der Waals surface area contributed by atoms with Gasteiger partial charge in [0.25, 0.3) is 0 Å². The smallest absolute Gasteiger partial charge is 0.350 e. The number of thiophene rings is 1. The zero-order valence-corrected chi connectivity index (χ0v) is 24.2. The van der Waals surface area contributed by atoms with E-state index in [4.69, 9.17) is 32.7 Å². The van der Waals surface area contributed by atoms with E-state index in [1.165, 1.54) is 26.3 Å². The molecule has 10 nitrogen and oxygen atoms in total. The van der Waals surface area contributed by atoms with Crippen molar-refractivity contribution in [3.05, 3.63) is 42.8 Å². The molecule has 1 aromatic heterocycles. The molecule has 0 saturated heterocycles. The van der Waals surface area contributed by atoms with E-state index in [2.05, 4.69) is 20.8 Å². The van der Waals surface area contributed by atoms with Crippen molar-refractivity contribution in [2.45, 2.75) is 53.4 Å². The van der Waals surface area contributed by atoms with E-state index in [1.54, 1.807) is 13.8 Å². The zero-order valence-electron chi connectivity index (χ0n) is 21.9. The average molecular weight is 596 g/mol. The summed E-state index contributed by atoms with van der Waals surface area (Å²) >= 11 is 14.3. The van der Waals surface area contributed by atoms with Gasteiger partial charge in [-0.1, -0.05) is 23.2 Å². The molecule has 3 rings (SSSR count). The molecule has 0 fully saturated rings. The number of carbonyl (C=O) groups excluding carboxylic acids is 4. The van der Waals surface area contributed by atoms with Crippen molar-refractivity contribution in [3.63, 3.8) is 0 Å². The van der Waals surface area contributed by atoms with Crippen molar-refractivity contribution in [1.82, 2.24) is 5.32 Å². The van der Waals surface area contributed by atoms with E-state index in [9.17, 15) is 19.2 Å². The van der Waals surface area contributed by atoms with Crippen LogP contribution in [-0.4, -0.2) is 49.4 Å². The van der Waals surface area contributed by atoms with Gasteiger partial charge in [-0.05, 0) is 56.2 Å². The fraction of sp³-hybridized carbons (Fsp3) is 0.385. The molecule has 0 atom stereocenters. The SMILES string of the molecule is CCOC(=O)C1=C(NC(C)=O)CCC(/C=N/N=C/C2=C(Cl)c3sc(C(=O)OCC)c(NC(C)=O)c3CC2)=C1Cl. The average Bonchev–Trinajstić information content (AvgIpc) is 3.22. The van der Waals surface area contributed by atoms with E-state index >= 15 is 0 Å². The van der Waals surface area contributed by atoms with E-state index < -0.39 is 11.9 Å². The van der Waals surface area contributed by atoms with Crippen LogP contribution in [-0.2, 0) is 30.3 Å². The number of rotatable bonds is 9. The number of hydrogen-bond donors (Lipinski definition) is 2. The summed E-state index contributed by atoms with van der Waals surface area (Å²) in [6.07, 6.45) is 4.80. The van der Waals surface area contributed by atoms with Gasteiger partial charge in [0.15, 0.2) is 0 Å². The number of esters is 2. The Labute approximate surface area is 239 Å². The molecule has 0 aromatic carbocycles. The van der Waals surface area contributed by atoms with Crippen LogP contribution in [0.4, 0.5) is 5.69 Å². The number of carbonyl (C=O) groups is 4. The number of ether oxygens (including phenoxy) is 2. The first kappa shape index (κ1) is 30.3. The van der Waals surface area contributed by atoms with Crippen LogP contribution in [0.3, 0.4) is 0 Å². The second-order valence-corrected chi connectivity index (χ2v) is 10.2. The van der Waals surface area contributed by atoms with E-state index in [1.807, 2.05) is 0 Å². The van der Waals surface area contributed by atoms with Gasteiger partial charge in [-0.2, -0.15) is 10.2 Å². The molecule has 0 saturated carbocycles. The minimum absolute atomic E-state index is 0.0982. The molecule has 1 heterocycles. The van der Waals surface area contributed by atoms with Crippen LogP contribution in [0.1, 0.15) is 67.1 Å². The molecule has 2 aliphatic rings. The van der Waals surface area contributed by atoms with Crippen LogP contribution in [0.5, 0.6) is 0 Å². The lowest BCUT2D eigenvalue weighted by Gasteiger charge is -2.20. The number of allylic oxidation sites excluding steroid dienone is 3. The number of nitrogens with zero attached hydrogens (tertiary/aromatic N) is 2. The van der Waals surface area contributed by atoms with Crippen molar-refractivity contribution in [3.8, 4) is 0 Å². The molecule has 39 heavy (non-hydrogen) atoms. The third-order valence-corrected chi connectivity index (χ3v) is 7.85. The maximum Gasteiger partial charge on any atom is 0.350 e. The first-order chi connectivity index (χ1) is 18.6. The third-order valence-electron chi connectivity index (χ3n) is 5.64. The van der Waals surface area contributed by atoms with Gasteiger partial charge in [-0.3, -0.25) is 9.59 Å². The summed E-state index contributed by atoms with van der Waals surface area (Å²) in [6.45, 7) is 6.46. The summed E-state index contributed by atoms with van der Waals surface area (Å²) < 4.78 is 10.2. The van der Waals surface area contributed by atoms with Crippen molar-refractivity contribution < 1.29 is 28.7 Å². The molecule has 0 aliphatic heterocycles. The highest BCUT2D eigenvalue weighted by molar-refractivity contribution is 7.16. The van der Waals surface area contributed by atoms with Crippen molar-refractivity contribution >= 4 is 81.4 Å². The third kappa shape index (κ3) is 7.23. The molecule has 13 heteroatoms. The fourth-order valence-corrected chi connectivity index (χ4v) is 5.91. The molecule has 2 N–H and O–H groups in total. The molecular weight excluding hydrogens is 567 g/mol. The van der Waals surface area contributed by atoms with Crippen LogP contribution < -0.4 is 10.6 Å². The maximum absolute atomic E-state index is 12.5. The number of halogens is 2. The Bertz CT molecular complexity index is 1360. The first-order valence-corrected chi connectivity index (χ1v) is 13.8. The quantitative estimate of drug-likeness (QED) is 0.232. The summed E-state index contributed by atoms with van der Waals surface area (Å²) in [5.74, 6) is -1.78. The van der Waals surface area contributed by atoms with Gasteiger partial charge < -0.3 is 20.1 Å². The number of fused-ring (bicyclic) bond motifs is 1. The van der Waals surface area contributed by atoms with E-state index in [0.717, 1.165) is 16.9 Å². The summed E-state index contributed by atoms with van der Waals surface area (Å²) in [6, 6.07) is 0. The van der Waals surface area contributed by atoms with Crippen molar-refractivity contribution in [2.75, 3.05) is 18.5 Å². The Kier molecular flexibility index (Phi) is 10.6. The molecule has 0 bridgehead atoms. The molecule has 2 aliphatic carbocycles. The second kappa shape index (κ2) is 13.7. The minimum atomic E-state index is -0.632. The Morgan fingerprint density at radius 2 is 1.41 bits per heavy atom. The highest BCUT2D eigenvalue weighted by atomic mass is 35.5. The van der Waals surface area contributed by atoms with Crippen LogP contribution in [0, 0.1) is 0 Å². The van der Waals surface area contributed by atoms with Crippen LogP contribution in [0.15, 0.2) is 37.7 Å². The van der Waals surface area contributed by atoms with E-state index in [-0.39, 0.29) is 40.5 Å². The van der Waals surface area contributed by atoms with Gasteiger partial charge in [0.1, 0.15) is 4.88 Å². The minimum Gasteiger partial charge on any atom is -0.462 e. The van der Waals surface area contributed by atoms with Crippen LogP contribution >= 0.6 is 34.5 Å². The Morgan fingerprint density at radius 3 is 2.00 bits per heavy atom. The monoisotopic (exact) mass is 594 g/mol. The van der Waals surface area contributed by atoms with Gasteiger partial charge in [0.05, 0.1) is 51.8 Å². The molecule has 0 spiro atoms. The topological polar surface area (TPSA) is 136 Å². The van der Waals surface area contributed by atoms with Gasteiger partial charge in [-0.15, -0.1) is 11.3 Å². The predicted octanol–water partition coefficient (Wildman–Crippen LogP) is 5.08. The molecular formula is C26H28Cl2N4O6S. The molecule has 208 valence electrons. The summed E-state index contributed by atoms with van der Waals surface area (Å²) in [7, 11) is 0. The lowest BCUT2D eigenvalue weighted by atomic mass is 9.96. The number of amides is 2. The zero-order chi connectivity index (χ0) is 28.7. The summed E-state index contributed by atoms with van der Waals surface area (Å²) in [4.78, 5) is 49.2. The predicted molar refractivity (Wildman–Crippen MR) is 152 cm³/mol. The summed E-state index contributed by atoms with van der Waals surface area (Å²) in [5, 5.41) is 14.1. The lowest BCUT2D eigenvalue weighted by molar-refractivity contribution is -0.138. The Morgan fingerprint density at radius 1 is 0.846 bits per heavy atom. The fourth-order valence-electron chi connectivity index (χ4n) is 4.03. The van der Waals surface area contributed by atoms with Gasteiger partial charge in [-0.25, -0.2) is 9.59 Å². The van der Waals surface area contributed by atoms with Gasteiger partial charge >= 0.3 is 11.9 Å². The van der Waals surface area contributed by atoms with Crippen molar-refractivity contribution in [1.29, 1.82) is 0 Å². The number of nitrogens with one attached hydrogen (secondary N) is 2. The molecule has 0 radical (unpaired) electrons. The van der Waals surface area contributed by atoms with Crippen molar-refractivity contribution in [2.24, 2.45) is 10.2 Å².